The summed E-state index contributed by atoms with van der Waals surface area (Å²) >= 11 is 1.42. The lowest BCUT2D eigenvalue weighted by molar-refractivity contribution is -0.136. The van der Waals surface area contributed by atoms with Gasteiger partial charge in [-0.1, -0.05) is 36.0 Å². The molecule has 2 amide bonds. The molecule has 0 atom stereocenters. The van der Waals surface area contributed by atoms with Gasteiger partial charge >= 0.3 is 5.97 Å². The summed E-state index contributed by atoms with van der Waals surface area (Å²) < 4.78 is 0. The maximum atomic E-state index is 12.4. The van der Waals surface area contributed by atoms with E-state index in [1.54, 1.807) is 6.07 Å². The number of carbonyl (C=O) groups is 3. The van der Waals surface area contributed by atoms with E-state index in [-0.39, 0.29) is 24.1 Å². The van der Waals surface area contributed by atoms with Crippen LogP contribution in [0.5, 0.6) is 0 Å². The van der Waals surface area contributed by atoms with Gasteiger partial charge in [-0.2, -0.15) is 0 Å². The van der Waals surface area contributed by atoms with Crippen molar-refractivity contribution in [2.75, 3.05) is 6.54 Å². The summed E-state index contributed by atoms with van der Waals surface area (Å²) in [7, 11) is 0. The number of benzene rings is 2. The fourth-order valence-electron chi connectivity index (χ4n) is 2.76. The molecule has 6 nitrogen and oxygen atoms in total. The van der Waals surface area contributed by atoms with Crippen molar-refractivity contribution in [3.05, 3.63) is 58.7 Å². The van der Waals surface area contributed by atoms with E-state index >= 15 is 0 Å². The lowest BCUT2D eigenvalue weighted by atomic mass is 9.97. The van der Waals surface area contributed by atoms with Crippen molar-refractivity contribution in [3.8, 4) is 0 Å². The standard InChI is InChI=1S/C18H16N2O4S/c19-17(23)15-12(18(24)20-8-7-14(21)22)6-5-11-9-10-3-1-2-4-13(10)25-16(11)15/h1-6H,7-9H2,(H2,19,23)(H,20,24)(H,21,22). The molecule has 0 unspecified atom stereocenters. The maximum Gasteiger partial charge on any atom is 0.305 e. The average Bonchev–Trinajstić information content (AvgIpc) is 2.58. The molecule has 3 rings (SSSR count). The molecule has 4 N–H and O–H groups in total. The van der Waals surface area contributed by atoms with Crippen molar-refractivity contribution in [2.24, 2.45) is 5.73 Å². The number of rotatable bonds is 5. The zero-order valence-electron chi connectivity index (χ0n) is 13.2. The number of amides is 2. The number of hydrogen-bond donors (Lipinski definition) is 3. The molecule has 0 aliphatic carbocycles. The first-order valence-corrected chi connectivity index (χ1v) is 8.50. The summed E-state index contributed by atoms with van der Waals surface area (Å²) in [6, 6.07) is 11.3. The number of carbonyl (C=O) groups excluding carboxylic acids is 2. The Morgan fingerprint density at radius 3 is 2.60 bits per heavy atom. The molecular formula is C18H16N2O4S. The molecule has 7 heteroatoms. The summed E-state index contributed by atoms with van der Waals surface area (Å²) in [6.07, 6.45) is 0.477. The second-order valence-corrected chi connectivity index (χ2v) is 6.68. The molecule has 0 radical (unpaired) electrons. The van der Waals surface area contributed by atoms with Gasteiger partial charge in [-0.15, -0.1) is 0 Å². The van der Waals surface area contributed by atoms with Gasteiger partial charge in [0.1, 0.15) is 0 Å². The fraction of sp³-hybridized carbons (Fsp3) is 0.167. The Balaban J connectivity index is 1.96. The maximum absolute atomic E-state index is 12.4. The smallest absolute Gasteiger partial charge is 0.305 e. The van der Waals surface area contributed by atoms with Gasteiger partial charge in [-0.3, -0.25) is 14.4 Å². The predicted molar refractivity (Wildman–Crippen MR) is 92.9 cm³/mol. The minimum atomic E-state index is -1.01. The molecule has 1 aliphatic rings. The molecule has 128 valence electrons. The number of fused-ring (bicyclic) bond motifs is 2. The number of hydrogen-bond acceptors (Lipinski definition) is 4. The summed E-state index contributed by atoms with van der Waals surface area (Å²) in [5.74, 6) is -2.18. The lowest BCUT2D eigenvalue weighted by Crippen LogP contribution is -2.29. The molecule has 0 fully saturated rings. The van der Waals surface area contributed by atoms with Gasteiger partial charge in [0, 0.05) is 16.3 Å². The van der Waals surface area contributed by atoms with E-state index < -0.39 is 17.8 Å². The fourth-order valence-corrected chi connectivity index (χ4v) is 3.98. The van der Waals surface area contributed by atoms with Crippen molar-refractivity contribution in [2.45, 2.75) is 22.6 Å². The van der Waals surface area contributed by atoms with Crippen molar-refractivity contribution in [3.63, 3.8) is 0 Å². The molecule has 0 spiro atoms. The predicted octanol–water partition coefficient (Wildman–Crippen LogP) is 2.05. The van der Waals surface area contributed by atoms with Gasteiger partial charge in [0.05, 0.1) is 17.5 Å². The summed E-state index contributed by atoms with van der Waals surface area (Å²) in [5.41, 5.74) is 8.01. The Morgan fingerprint density at radius 1 is 1.12 bits per heavy atom. The molecule has 1 heterocycles. The van der Waals surface area contributed by atoms with Crippen molar-refractivity contribution in [1.82, 2.24) is 5.32 Å². The Morgan fingerprint density at radius 2 is 1.88 bits per heavy atom. The van der Waals surface area contributed by atoms with E-state index in [1.807, 2.05) is 30.3 Å². The van der Waals surface area contributed by atoms with Crippen molar-refractivity contribution >= 4 is 29.5 Å². The van der Waals surface area contributed by atoms with Gasteiger partial charge in [-0.05, 0) is 29.7 Å². The van der Waals surface area contributed by atoms with E-state index in [0.717, 1.165) is 16.0 Å². The summed E-state index contributed by atoms with van der Waals surface area (Å²) in [6.45, 7) is -0.0145. The molecular weight excluding hydrogens is 340 g/mol. The first-order valence-electron chi connectivity index (χ1n) is 7.69. The van der Waals surface area contributed by atoms with Crippen LogP contribution in [0.2, 0.25) is 0 Å². The van der Waals surface area contributed by atoms with Crippen molar-refractivity contribution in [1.29, 1.82) is 0 Å². The average molecular weight is 356 g/mol. The van der Waals surface area contributed by atoms with Crippen LogP contribution in [0.1, 0.15) is 38.3 Å². The van der Waals surface area contributed by atoms with E-state index in [9.17, 15) is 14.4 Å². The zero-order valence-corrected chi connectivity index (χ0v) is 14.1. The van der Waals surface area contributed by atoms with Gasteiger partial charge in [0.2, 0.25) is 0 Å². The van der Waals surface area contributed by atoms with Gasteiger partial charge in [-0.25, -0.2) is 0 Å². The van der Waals surface area contributed by atoms with Crippen LogP contribution in [0.3, 0.4) is 0 Å². The SMILES string of the molecule is NC(=O)c1c(C(=O)NCCC(=O)O)ccc2c1Sc1ccccc1C2. The highest BCUT2D eigenvalue weighted by Crippen LogP contribution is 2.42. The number of carboxylic acid groups (broad SMARTS) is 1. The molecule has 0 saturated heterocycles. The third kappa shape index (κ3) is 3.51. The Bertz CT molecular complexity index is 879. The van der Waals surface area contributed by atoms with Crippen LogP contribution >= 0.6 is 11.8 Å². The molecule has 2 aromatic rings. The number of aliphatic carboxylic acids is 1. The highest BCUT2D eigenvalue weighted by Gasteiger charge is 2.26. The molecule has 1 aliphatic heterocycles. The normalized spacial score (nSPS) is 12.0. The topological polar surface area (TPSA) is 109 Å². The minimum absolute atomic E-state index is 0.0145. The number of nitrogens with two attached hydrogens (primary N) is 1. The number of carboxylic acids is 1. The monoisotopic (exact) mass is 356 g/mol. The van der Waals surface area contributed by atoms with E-state index in [4.69, 9.17) is 10.8 Å². The molecule has 0 saturated carbocycles. The largest absolute Gasteiger partial charge is 0.481 e. The number of nitrogens with one attached hydrogen (secondary N) is 1. The van der Waals surface area contributed by atoms with Crippen molar-refractivity contribution < 1.29 is 19.5 Å². The second kappa shape index (κ2) is 6.98. The Hall–Kier alpha value is -2.80. The van der Waals surface area contributed by atoms with E-state index in [0.29, 0.717) is 11.3 Å². The third-order valence-electron chi connectivity index (χ3n) is 3.92. The highest BCUT2D eigenvalue weighted by atomic mass is 32.2. The Kier molecular flexibility index (Phi) is 4.76. The molecule has 2 aromatic carbocycles. The minimum Gasteiger partial charge on any atom is -0.481 e. The van der Waals surface area contributed by atoms with Crippen LogP contribution in [0.4, 0.5) is 0 Å². The van der Waals surface area contributed by atoms with Gasteiger partial charge in [0.25, 0.3) is 11.8 Å². The molecule has 25 heavy (non-hydrogen) atoms. The number of primary amides is 1. The van der Waals surface area contributed by atoms with E-state index in [2.05, 4.69) is 5.32 Å². The van der Waals surface area contributed by atoms with Crippen LogP contribution in [-0.4, -0.2) is 29.4 Å². The van der Waals surface area contributed by atoms with Crippen LogP contribution in [-0.2, 0) is 11.2 Å². The first-order chi connectivity index (χ1) is 12.0. The zero-order chi connectivity index (χ0) is 18.0. The van der Waals surface area contributed by atoms with Crippen LogP contribution in [0.25, 0.3) is 0 Å². The third-order valence-corrected chi connectivity index (χ3v) is 5.21. The van der Waals surface area contributed by atoms with Gasteiger partial charge < -0.3 is 16.2 Å². The quantitative estimate of drug-likeness (QED) is 0.648. The summed E-state index contributed by atoms with van der Waals surface area (Å²) in [4.78, 5) is 36.7. The lowest BCUT2D eigenvalue weighted by Gasteiger charge is -2.22. The summed E-state index contributed by atoms with van der Waals surface area (Å²) in [5, 5.41) is 11.2. The highest BCUT2D eigenvalue weighted by molar-refractivity contribution is 7.99. The molecule has 0 aromatic heterocycles. The van der Waals surface area contributed by atoms with Crippen LogP contribution in [0, 0.1) is 0 Å². The first kappa shape index (κ1) is 17.0. The van der Waals surface area contributed by atoms with E-state index in [1.165, 1.54) is 11.8 Å². The van der Waals surface area contributed by atoms with Crippen LogP contribution < -0.4 is 11.1 Å². The Labute approximate surface area is 148 Å². The van der Waals surface area contributed by atoms with Gasteiger partial charge in [0.15, 0.2) is 0 Å². The second-order valence-electron chi connectivity index (χ2n) is 5.63. The van der Waals surface area contributed by atoms with Crippen LogP contribution in [0.15, 0.2) is 46.2 Å². The molecule has 0 bridgehead atoms.